The highest BCUT2D eigenvalue weighted by Crippen LogP contribution is 2.36. The zero-order chi connectivity index (χ0) is 37.8. The lowest BCUT2D eigenvalue weighted by Crippen LogP contribution is -2.36. The normalized spacial score (nSPS) is 17.8. The summed E-state index contributed by atoms with van der Waals surface area (Å²) in [6.07, 6.45) is 2.96. The highest BCUT2D eigenvalue weighted by atomic mass is 16.6. The number of imidazole rings is 2. The molecule has 2 fully saturated rings. The van der Waals surface area contributed by atoms with Gasteiger partial charge in [0.25, 0.3) is 0 Å². The highest BCUT2D eigenvalue weighted by Gasteiger charge is 2.36. The second kappa shape index (κ2) is 13.6. The van der Waals surface area contributed by atoms with Crippen LogP contribution in [0.5, 0.6) is 0 Å². The van der Waals surface area contributed by atoms with Gasteiger partial charge in [-0.05, 0) is 125 Å². The molecule has 0 saturated carbocycles. The molecule has 2 amide bonds. The maximum Gasteiger partial charge on any atom is 0.410 e. The molecule has 0 radical (unpaired) electrons. The van der Waals surface area contributed by atoms with E-state index in [1.807, 2.05) is 53.7 Å². The number of nitrogens with one attached hydrogen (secondary N) is 2. The predicted molar refractivity (Wildman–Crippen MR) is 212 cm³/mol. The average Bonchev–Trinajstić information content (AvgIpc) is 3.95. The first-order chi connectivity index (χ1) is 25.8. The first-order valence-corrected chi connectivity index (χ1v) is 19.0. The molecule has 0 bridgehead atoms. The van der Waals surface area contributed by atoms with Crippen molar-refractivity contribution in [3.8, 4) is 33.4 Å². The number of carbonyl (C=O) groups excluding carboxylic acids is 2. The van der Waals surface area contributed by atoms with E-state index in [-0.39, 0.29) is 24.3 Å². The van der Waals surface area contributed by atoms with Gasteiger partial charge >= 0.3 is 12.2 Å². The van der Waals surface area contributed by atoms with Gasteiger partial charge in [-0.1, -0.05) is 60.7 Å². The molecule has 54 heavy (non-hydrogen) atoms. The number of ether oxygens (including phenoxy) is 2. The van der Waals surface area contributed by atoms with Crippen molar-refractivity contribution < 1.29 is 19.1 Å². The lowest BCUT2D eigenvalue weighted by atomic mass is 9.98. The third kappa shape index (κ3) is 7.29. The highest BCUT2D eigenvalue weighted by molar-refractivity contribution is 5.84. The number of aromatic nitrogens is 4. The van der Waals surface area contributed by atoms with Gasteiger partial charge in [-0.3, -0.25) is 9.80 Å². The van der Waals surface area contributed by atoms with Gasteiger partial charge in [-0.15, -0.1) is 0 Å². The standard InChI is InChI=1S/C44H48N6O4/c1-43(2,3)53-41(51)49-23-7-9-37(49)39-45-33-21-19-31(25-35(33)47-39)29-15-11-27(12-16-29)28-13-17-30(18-14-28)32-20-22-34-36(26-32)48-40(46-34)38-10-8-24-50(38)42(52)54-44(4,5)6/h11-22,25-26,37-38H,7-10,23-24H2,1-6H3,(H,45,47)(H,46,48)/t37-,38?/m1/s1. The number of nitrogens with zero attached hydrogens (tertiary/aromatic N) is 4. The molecule has 2 saturated heterocycles. The second-order valence-electron chi connectivity index (χ2n) is 16.5. The number of aromatic amines is 2. The van der Waals surface area contributed by atoms with Crippen LogP contribution >= 0.6 is 0 Å². The van der Waals surface area contributed by atoms with Gasteiger partial charge in [-0.25, -0.2) is 19.6 Å². The third-order valence-electron chi connectivity index (χ3n) is 10.2. The van der Waals surface area contributed by atoms with Crippen molar-refractivity contribution >= 4 is 34.3 Å². The number of rotatable bonds is 5. The van der Waals surface area contributed by atoms with E-state index in [0.717, 1.165) is 92.8 Å². The summed E-state index contributed by atoms with van der Waals surface area (Å²) >= 11 is 0. The Balaban J connectivity index is 0.954. The second-order valence-corrected chi connectivity index (χ2v) is 16.5. The summed E-state index contributed by atoms with van der Waals surface area (Å²) in [6.45, 7) is 12.7. The van der Waals surface area contributed by atoms with Gasteiger partial charge in [0, 0.05) is 13.1 Å². The maximum absolute atomic E-state index is 12.9. The summed E-state index contributed by atoms with van der Waals surface area (Å²) in [5, 5.41) is 0. The SMILES string of the molecule is CC(C)(C)OC(=O)N1CCCC1c1nc2ccc(-c3ccc(-c4ccc(-c5ccc6nc([C@H]7CCCN7C(=O)OC(C)(C)C)[nH]c6c5)cc4)cc3)cc2[nH]1. The van der Waals surface area contributed by atoms with E-state index < -0.39 is 11.2 Å². The molecule has 2 N–H and O–H groups in total. The molecule has 1 unspecified atom stereocenters. The van der Waals surface area contributed by atoms with Crippen molar-refractivity contribution in [3.05, 3.63) is 96.6 Å². The Morgan fingerprint density at radius 3 is 1.24 bits per heavy atom. The van der Waals surface area contributed by atoms with Gasteiger partial charge in [0.15, 0.2) is 0 Å². The van der Waals surface area contributed by atoms with E-state index in [1.54, 1.807) is 9.80 Å². The summed E-state index contributed by atoms with van der Waals surface area (Å²) in [5.41, 5.74) is 9.27. The van der Waals surface area contributed by atoms with E-state index in [0.29, 0.717) is 13.1 Å². The summed E-state index contributed by atoms with van der Waals surface area (Å²) in [7, 11) is 0. The molecule has 2 aliphatic heterocycles. The topological polar surface area (TPSA) is 116 Å². The van der Waals surface area contributed by atoms with Crippen LogP contribution in [0, 0.1) is 0 Å². The molecule has 10 nitrogen and oxygen atoms in total. The Morgan fingerprint density at radius 1 is 0.556 bits per heavy atom. The molecule has 10 heteroatoms. The minimum atomic E-state index is -0.542. The number of fused-ring (bicyclic) bond motifs is 2. The Bertz CT molecular complexity index is 2160. The Kier molecular flexibility index (Phi) is 8.95. The molecule has 0 aliphatic carbocycles. The minimum absolute atomic E-state index is 0.122. The third-order valence-corrected chi connectivity index (χ3v) is 10.2. The van der Waals surface area contributed by atoms with Gasteiger partial charge in [0.1, 0.15) is 22.9 Å². The van der Waals surface area contributed by atoms with Crippen molar-refractivity contribution in [1.29, 1.82) is 0 Å². The van der Waals surface area contributed by atoms with E-state index in [1.165, 1.54) is 0 Å². The van der Waals surface area contributed by atoms with Crippen molar-refractivity contribution in [3.63, 3.8) is 0 Å². The predicted octanol–water partition coefficient (Wildman–Crippen LogP) is 10.6. The first kappa shape index (κ1) is 35.4. The smallest absolute Gasteiger partial charge is 0.410 e. The van der Waals surface area contributed by atoms with Crippen LogP contribution in [0.4, 0.5) is 9.59 Å². The molecule has 278 valence electrons. The average molecular weight is 725 g/mol. The molecular weight excluding hydrogens is 677 g/mol. The zero-order valence-corrected chi connectivity index (χ0v) is 31.9. The Labute approximate surface area is 315 Å². The van der Waals surface area contributed by atoms with E-state index in [9.17, 15) is 9.59 Å². The molecule has 4 aromatic carbocycles. The number of likely N-dealkylation sites (tertiary alicyclic amines) is 2. The summed E-state index contributed by atoms with van der Waals surface area (Å²) in [6, 6.07) is 29.5. The van der Waals surface area contributed by atoms with Crippen LogP contribution in [0.1, 0.15) is 91.0 Å². The summed E-state index contributed by atoms with van der Waals surface area (Å²) in [4.78, 5) is 46.1. The van der Waals surface area contributed by atoms with Crippen LogP contribution in [0.3, 0.4) is 0 Å². The van der Waals surface area contributed by atoms with Gasteiger partial charge < -0.3 is 19.4 Å². The van der Waals surface area contributed by atoms with Crippen LogP contribution in [0.15, 0.2) is 84.9 Å². The van der Waals surface area contributed by atoms with Crippen LogP contribution in [-0.4, -0.2) is 66.2 Å². The number of hydrogen-bond acceptors (Lipinski definition) is 6. The molecule has 2 atom stereocenters. The Hall–Kier alpha value is -5.64. The molecule has 2 aromatic heterocycles. The number of hydrogen-bond donors (Lipinski definition) is 2. The summed E-state index contributed by atoms with van der Waals surface area (Å²) in [5.74, 6) is 1.60. The monoisotopic (exact) mass is 724 g/mol. The van der Waals surface area contributed by atoms with Crippen molar-refractivity contribution in [1.82, 2.24) is 29.7 Å². The van der Waals surface area contributed by atoms with Crippen LogP contribution in [-0.2, 0) is 9.47 Å². The quantitative estimate of drug-likeness (QED) is 0.183. The largest absolute Gasteiger partial charge is 0.444 e. The van der Waals surface area contributed by atoms with Crippen LogP contribution < -0.4 is 0 Å². The maximum atomic E-state index is 12.9. The van der Waals surface area contributed by atoms with Crippen LogP contribution in [0.25, 0.3) is 55.4 Å². The lowest BCUT2D eigenvalue weighted by molar-refractivity contribution is 0.0208. The zero-order valence-electron chi connectivity index (χ0n) is 31.9. The fourth-order valence-corrected chi connectivity index (χ4v) is 7.62. The minimum Gasteiger partial charge on any atom is -0.444 e. The fraction of sp³-hybridized carbons (Fsp3) is 0.364. The molecule has 4 heterocycles. The van der Waals surface area contributed by atoms with E-state index in [2.05, 4.69) is 82.8 Å². The number of H-pyrrole nitrogens is 2. The van der Waals surface area contributed by atoms with Crippen molar-refractivity contribution in [2.75, 3.05) is 13.1 Å². The number of carbonyl (C=O) groups is 2. The first-order valence-electron chi connectivity index (χ1n) is 19.0. The van der Waals surface area contributed by atoms with Gasteiger partial charge in [0.05, 0.1) is 34.2 Å². The molecule has 6 aromatic rings. The van der Waals surface area contributed by atoms with Crippen molar-refractivity contribution in [2.24, 2.45) is 0 Å². The summed E-state index contributed by atoms with van der Waals surface area (Å²) < 4.78 is 11.3. The van der Waals surface area contributed by atoms with Gasteiger partial charge in [-0.2, -0.15) is 0 Å². The molecule has 2 aliphatic rings. The number of amides is 2. The van der Waals surface area contributed by atoms with E-state index in [4.69, 9.17) is 19.4 Å². The van der Waals surface area contributed by atoms with Crippen molar-refractivity contribution in [2.45, 2.75) is 90.5 Å². The van der Waals surface area contributed by atoms with Crippen LogP contribution in [0.2, 0.25) is 0 Å². The lowest BCUT2D eigenvalue weighted by Gasteiger charge is -2.27. The Morgan fingerprint density at radius 2 is 0.889 bits per heavy atom. The number of benzene rings is 4. The van der Waals surface area contributed by atoms with E-state index >= 15 is 0 Å². The van der Waals surface area contributed by atoms with Gasteiger partial charge in [0.2, 0.25) is 0 Å². The molecule has 8 rings (SSSR count). The molecular formula is C44H48N6O4. The molecule has 0 spiro atoms. The fourth-order valence-electron chi connectivity index (χ4n) is 7.62.